The van der Waals surface area contributed by atoms with Gasteiger partial charge in [0, 0.05) is 5.69 Å². The quantitative estimate of drug-likeness (QED) is 0.834. The minimum atomic E-state index is -4.51. The number of anilines is 1. The van der Waals surface area contributed by atoms with Crippen LogP contribution < -0.4 is 10.6 Å². The number of benzene rings is 1. The third-order valence-corrected chi connectivity index (χ3v) is 3.03. The smallest absolute Gasteiger partial charge is 0.416 e. The van der Waals surface area contributed by atoms with Gasteiger partial charge in [-0.2, -0.15) is 13.2 Å². The largest absolute Gasteiger partial charge is 0.467 e. The number of esters is 1. The van der Waals surface area contributed by atoms with Crippen LogP contribution in [0.1, 0.15) is 26.3 Å². The zero-order valence-electron chi connectivity index (χ0n) is 13.2. The fraction of sp³-hybridized carbons (Fsp3) is 0.467. The second-order valence-corrected chi connectivity index (χ2v) is 6.00. The molecule has 0 radical (unpaired) electrons. The number of hydrogen-bond donors (Lipinski definition) is 2. The lowest BCUT2D eigenvalue weighted by atomic mass is 9.87. The molecule has 1 aromatic carbocycles. The molecule has 8 heteroatoms. The van der Waals surface area contributed by atoms with E-state index in [9.17, 15) is 22.8 Å². The summed E-state index contributed by atoms with van der Waals surface area (Å²) in [5.74, 6) is -0.642. The molecule has 1 aromatic rings. The molecule has 5 nitrogen and oxygen atoms in total. The Kier molecular flexibility index (Phi) is 5.63. The van der Waals surface area contributed by atoms with Crippen molar-refractivity contribution in [3.05, 3.63) is 29.8 Å². The molecule has 0 aliphatic carbocycles. The fourth-order valence-electron chi connectivity index (χ4n) is 1.82. The number of alkyl halides is 3. The third kappa shape index (κ3) is 5.46. The Balaban J connectivity index is 2.85. The monoisotopic (exact) mass is 332 g/mol. The summed E-state index contributed by atoms with van der Waals surface area (Å²) in [6.07, 6.45) is -4.51. The lowest BCUT2D eigenvalue weighted by molar-refractivity contribution is -0.145. The molecule has 0 spiro atoms. The number of hydrogen-bond acceptors (Lipinski definition) is 3. The van der Waals surface area contributed by atoms with Crippen molar-refractivity contribution in [1.29, 1.82) is 0 Å². The van der Waals surface area contributed by atoms with Gasteiger partial charge >= 0.3 is 18.2 Å². The van der Waals surface area contributed by atoms with Crippen molar-refractivity contribution in [3.63, 3.8) is 0 Å². The van der Waals surface area contributed by atoms with Crippen LogP contribution in [-0.4, -0.2) is 25.2 Å². The van der Waals surface area contributed by atoms with Crippen molar-refractivity contribution in [2.24, 2.45) is 5.41 Å². The number of halogens is 3. The van der Waals surface area contributed by atoms with Gasteiger partial charge in [0.05, 0.1) is 12.7 Å². The molecule has 1 rings (SSSR count). The Labute approximate surface area is 132 Å². The molecule has 23 heavy (non-hydrogen) atoms. The zero-order valence-corrected chi connectivity index (χ0v) is 13.2. The SMILES string of the molecule is COC(=O)[C@H](NC(=O)Nc1cccc(C(F)(F)F)c1)C(C)(C)C. The summed E-state index contributed by atoms with van der Waals surface area (Å²) in [6, 6.07) is 2.46. The molecule has 0 saturated carbocycles. The normalized spacial score (nSPS) is 13.2. The van der Waals surface area contributed by atoms with E-state index in [1.165, 1.54) is 19.2 Å². The molecule has 0 aliphatic rings. The van der Waals surface area contributed by atoms with E-state index >= 15 is 0 Å². The topological polar surface area (TPSA) is 67.4 Å². The van der Waals surface area contributed by atoms with Crippen molar-refractivity contribution >= 4 is 17.7 Å². The molecule has 0 unspecified atom stereocenters. The molecule has 2 amide bonds. The predicted octanol–water partition coefficient (Wildman–Crippen LogP) is 3.41. The first kappa shape index (κ1) is 18.8. The van der Waals surface area contributed by atoms with Gasteiger partial charge < -0.3 is 15.4 Å². The highest BCUT2D eigenvalue weighted by Gasteiger charge is 2.34. The number of methoxy groups -OCH3 is 1. The van der Waals surface area contributed by atoms with Crippen molar-refractivity contribution < 1.29 is 27.5 Å². The molecule has 0 aliphatic heterocycles. The van der Waals surface area contributed by atoms with Crippen LogP contribution in [0.3, 0.4) is 0 Å². The highest BCUT2D eigenvalue weighted by molar-refractivity contribution is 5.92. The van der Waals surface area contributed by atoms with Gasteiger partial charge in [-0.15, -0.1) is 0 Å². The van der Waals surface area contributed by atoms with Gasteiger partial charge in [0.1, 0.15) is 6.04 Å². The molecule has 1 atom stereocenters. The second kappa shape index (κ2) is 6.89. The van der Waals surface area contributed by atoms with Crippen LogP contribution in [0.4, 0.5) is 23.7 Å². The van der Waals surface area contributed by atoms with E-state index in [1.807, 2.05) is 0 Å². The van der Waals surface area contributed by atoms with Gasteiger partial charge in [0.25, 0.3) is 0 Å². The van der Waals surface area contributed by atoms with Crippen LogP contribution in [-0.2, 0) is 15.7 Å². The zero-order chi connectivity index (χ0) is 17.8. The predicted molar refractivity (Wildman–Crippen MR) is 78.9 cm³/mol. The average molecular weight is 332 g/mol. The Hall–Kier alpha value is -2.25. The Morgan fingerprint density at radius 3 is 2.26 bits per heavy atom. The molecule has 0 bridgehead atoms. The maximum absolute atomic E-state index is 12.6. The maximum Gasteiger partial charge on any atom is 0.416 e. The second-order valence-electron chi connectivity index (χ2n) is 6.00. The van der Waals surface area contributed by atoms with Crippen LogP contribution in [0.15, 0.2) is 24.3 Å². The summed E-state index contributed by atoms with van der Waals surface area (Å²) in [5.41, 5.74) is -1.54. The molecular weight excluding hydrogens is 313 g/mol. The Bertz CT molecular complexity index is 580. The van der Waals surface area contributed by atoms with Crippen LogP contribution in [0, 0.1) is 5.41 Å². The lowest BCUT2D eigenvalue weighted by Gasteiger charge is -2.29. The number of carbonyl (C=O) groups is 2. The van der Waals surface area contributed by atoms with E-state index in [4.69, 9.17) is 0 Å². The molecule has 0 aromatic heterocycles. The van der Waals surface area contributed by atoms with E-state index in [2.05, 4.69) is 15.4 Å². The fourth-order valence-corrected chi connectivity index (χ4v) is 1.82. The van der Waals surface area contributed by atoms with E-state index in [0.717, 1.165) is 12.1 Å². The first-order valence-electron chi connectivity index (χ1n) is 6.77. The molecule has 0 saturated heterocycles. The maximum atomic E-state index is 12.6. The number of rotatable bonds is 3. The van der Waals surface area contributed by atoms with Crippen molar-refractivity contribution in [2.45, 2.75) is 33.0 Å². The van der Waals surface area contributed by atoms with Gasteiger partial charge in [-0.3, -0.25) is 0 Å². The van der Waals surface area contributed by atoms with Crippen molar-refractivity contribution in [3.8, 4) is 0 Å². The number of ether oxygens (including phenoxy) is 1. The van der Waals surface area contributed by atoms with Crippen LogP contribution >= 0.6 is 0 Å². The highest BCUT2D eigenvalue weighted by Crippen LogP contribution is 2.30. The Morgan fingerprint density at radius 1 is 1.17 bits per heavy atom. The first-order chi connectivity index (χ1) is 10.4. The highest BCUT2D eigenvalue weighted by atomic mass is 19.4. The molecule has 0 heterocycles. The number of nitrogens with one attached hydrogen (secondary N) is 2. The number of urea groups is 1. The van der Waals surface area contributed by atoms with E-state index in [0.29, 0.717) is 0 Å². The minimum Gasteiger partial charge on any atom is -0.467 e. The van der Waals surface area contributed by atoms with E-state index < -0.39 is 35.2 Å². The van der Waals surface area contributed by atoms with Crippen molar-refractivity contribution in [2.75, 3.05) is 12.4 Å². The van der Waals surface area contributed by atoms with Crippen molar-refractivity contribution in [1.82, 2.24) is 5.32 Å². The van der Waals surface area contributed by atoms with Crippen LogP contribution in [0.5, 0.6) is 0 Å². The van der Waals surface area contributed by atoms with E-state index in [1.54, 1.807) is 20.8 Å². The standard InChI is InChI=1S/C15H19F3N2O3/c1-14(2,3)11(12(21)23-4)20-13(22)19-10-7-5-6-9(8-10)15(16,17)18/h5-8,11H,1-4H3,(H2,19,20,22)/t11-/m0/s1. The number of carbonyl (C=O) groups excluding carboxylic acids is 2. The minimum absolute atomic E-state index is 0.0325. The van der Waals surface area contributed by atoms with Gasteiger partial charge in [0.2, 0.25) is 0 Å². The Morgan fingerprint density at radius 2 is 1.78 bits per heavy atom. The van der Waals surface area contributed by atoms with Crippen LogP contribution in [0.2, 0.25) is 0 Å². The van der Waals surface area contributed by atoms with Gasteiger partial charge in [-0.05, 0) is 23.6 Å². The summed E-state index contributed by atoms with van der Waals surface area (Å²) in [7, 11) is 1.19. The van der Waals surface area contributed by atoms with Gasteiger partial charge in [-0.25, -0.2) is 9.59 Å². The first-order valence-corrected chi connectivity index (χ1v) is 6.77. The van der Waals surface area contributed by atoms with Gasteiger partial charge in [0.15, 0.2) is 0 Å². The molecule has 2 N–H and O–H groups in total. The summed E-state index contributed by atoms with van der Waals surface area (Å²) in [5, 5.41) is 4.69. The number of amides is 2. The summed E-state index contributed by atoms with van der Waals surface area (Å²) in [4.78, 5) is 23.7. The third-order valence-electron chi connectivity index (χ3n) is 3.03. The molecule has 128 valence electrons. The average Bonchev–Trinajstić information content (AvgIpc) is 2.42. The summed E-state index contributed by atoms with van der Waals surface area (Å²) in [6.45, 7) is 5.16. The van der Waals surface area contributed by atoms with E-state index in [-0.39, 0.29) is 5.69 Å². The lowest BCUT2D eigenvalue weighted by Crippen LogP contribution is -2.51. The molecular formula is C15H19F3N2O3. The molecule has 0 fully saturated rings. The summed E-state index contributed by atoms with van der Waals surface area (Å²) < 4.78 is 42.5. The van der Waals surface area contributed by atoms with Gasteiger partial charge in [-0.1, -0.05) is 26.8 Å². The summed E-state index contributed by atoms with van der Waals surface area (Å²) >= 11 is 0. The van der Waals surface area contributed by atoms with Crippen LogP contribution in [0.25, 0.3) is 0 Å².